The Balaban J connectivity index is 2.10. The van der Waals surface area contributed by atoms with Gasteiger partial charge in [0, 0.05) is 13.1 Å². The van der Waals surface area contributed by atoms with Gasteiger partial charge in [0.05, 0.1) is 6.07 Å². The second kappa shape index (κ2) is 3.85. The number of benzene rings is 1. The minimum absolute atomic E-state index is 0.322. The second-order valence-corrected chi connectivity index (χ2v) is 5.33. The Morgan fingerprint density at radius 1 is 1.29 bits per heavy atom. The van der Waals surface area contributed by atoms with Crippen LogP contribution in [0.15, 0.2) is 18.2 Å². The first-order valence-electron chi connectivity index (χ1n) is 6.52. The summed E-state index contributed by atoms with van der Waals surface area (Å²) in [5, 5.41) is 9.72. The van der Waals surface area contributed by atoms with Crippen LogP contribution in [0.3, 0.4) is 0 Å². The minimum Gasteiger partial charge on any atom is -0.282 e. The van der Waals surface area contributed by atoms with Crippen molar-refractivity contribution in [3.05, 3.63) is 34.9 Å². The summed E-state index contributed by atoms with van der Waals surface area (Å²) in [4.78, 5) is 2.40. The van der Waals surface area contributed by atoms with E-state index in [0.717, 1.165) is 25.9 Å². The number of aryl methyl sites for hydroxylation is 2. The van der Waals surface area contributed by atoms with E-state index in [1.165, 1.54) is 29.5 Å². The summed E-state index contributed by atoms with van der Waals surface area (Å²) in [7, 11) is 0. The van der Waals surface area contributed by atoms with Crippen LogP contribution in [0.2, 0.25) is 0 Å². The zero-order valence-corrected chi connectivity index (χ0v) is 10.4. The molecule has 1 unspecified atom stereocenters. The van der Waals surface area contributed by atoms with Crippen LogP contribution < -0.4 is 0 Å². The van der Waals surface area contributed by atoms with Crippen LogP contribution in [0.4, 0.5) is 0 Å². The molecule has 1 saturated heterocycles. The molecular weight excluding hydrogens is 208 g/mol. The molecule has 88 valence electrons. The van der Waals surface area contributed by atoms with Gasteiger partial charge < -0.3 is 0 Å². The molecule has 2 nitrogen and oxygen atoms in total. The predicted molar refractivity (Wildman–Crippen MR) is 67.6 cm³/mol. The number of nitrogens with zero attached hydrogens (tertiary/aromatic N) is 2. The lowest BCUT2D eigenvalue weighted by Crippen LogP contribution is -2.41. The summed E-state index contributed by atoms with van der Waals surface area (Å²) in [6.45, 7) is 4.28. The average Bonchev–Trinajstić information content (AvgIpc) is 2.95. The van der Waals surface area contributed by atoms with E-state index in [9.17, 15) is 5.26 Å². The highest BCUT2D eigenvalue weighted by Crippen LogP contribution is 2.43. The minimum atomic E-state index is -0.322. The fourth-order valence-corrected chi connectivity index (χ4v) is 3.36. The maximum atomic E-state index is 9.72. The SMILES string of the molecule is Cc1ccc2c(c1)C(C#N)(N1CCCC1)CC2. The van der Waals surface area contributed by atoms with Crippen LogP contribution in [0.25, 0.3) is 0 Å². The Morgan fingerprint density at radius 3 is 2.76 bits per heavy atom. The fraction of sp³-hybridized carbons (Fsp3) is 0.533. The Hall–Kier alpha value is -1.33. The van der Waals surface area contributed by atoms with Gasteiger partial charge in [-0.2, -0.15) is 5.26 Å². The van der Waals surface area contributed by atoms with Crippen LogP contribution in [0, 0.1) is 18.3 Å². The summed E-state index contributed by atoms with van der Waals surface area (Å²) in [6, 6.07) is 9.23. The number of hydrogen-bond acceptors (Lipinski definition) is 2. The molecule has 1 aliphatic heterocycles. The third kappa shape index (κ3) is 1.50. The highest BCUT2D eigenvalue weighted by molar-refractivity contribution is 5.45. The van der Waals surface area contributed by atoms with Crippen LogP contribution in [0.1, 0.15) is 36.0 Å². The third-order valence-corrected chi connectivity index (χ3v) is 4.30. The van der Waals surface area contributed by atoms with Gasteiger partial charge in [-0.25, -0.2) is 0 Å². The topological polar surface area (TPSA) is 27.0 Å². The summed E-state index contributed by atoms with van der Waals surface area (Å²) in [6.07, 6.45) is 4.51. The van der Waals surface area contributed by atoms with Crippen molar-refractivity contribution in [2.75, 3.05) is 13.1 Å². The standard InChI is InChI=1S/C15H18N2/c1-12-4-5-13-6-7-15(11-16,14(13)10-12)17-8-2-3-9-17/h4-5,10H,2-3,6-9H2,1H3. The van der Waals surface area contributed by atoms with Crippen molar-refractivity contribution in [2.45, 2.75) is 38.1 Å². The first kappa shape index (κ1) is 10.8. The van der Waals surface area contributed by atoms with Crippen molar-refractivity contribution in [1.82, 2.24) is 4.90 Å². The van der Waals surface area contributed by atoms with E-state index in [4.69, 9.17) is 0 Å². The van der Waals surface area contributed by atoms with Crippen LogP contribution in [-0.4, -0.2) is 18.0 Å². The summed E-state index contributed by atoms with van der Waals surface area (Å²) >= 11 is 0. The van der Waals surface area contributed by atoms with E-state index in [-0.39, 0.29) is 5.54 Å². The molecule has 1 fully saturated rings. The molecule has 1 aromatic rings. The number of likely N-dealkylation sites (tertiary alicyclic amines) is 1. The van der Waals surface area contributed by atoms with E-state index in [0.29, 0.717) is 0 Å². The lowest BCUT2D eigenvalue weighted by molar-refractivity contribution is 0.174. The molecule has 1 aromatic carbocycles. The van der Waals surface area contributed by atoms with E-state index in [1.54, 1.807) is 0 Å². The van der Waals surface area contributed by atoms with Crippen molar-refractivity contribution < 1.29 is 0 Å². The van der Waals surface area contributed by atoms with Crippen molar-refractivity contribution >= 4 is 0 Å². The van der Waals surface area contributed by atoms with Gasteiger partial charge in [-0.15, -0.1) is 0 Å². The van der Waals surface area contributed by atoms with Crippen LogP contribution >= 0.6 is 0 Å². The maximum Gasteiger partial charge on any atom is 0.135 e. The van der Waals surface area contributed by atoms with Crippen molar-refractivity contribution in [2.24, 2.45) is 0 Å². The normalized spacial score (nSPS) is 28.0. The molecule has 0 spiro atoms. The van der Waals surface area contributed by atoms with Gasteiger partial charge in [0.1, 0.15) is 5.54 Å². The van der Waals surface area contributed by atoms with Gasteiger partial charge in [0.2, 0.25) is 0 Å². The van der Waals surface area contributed by atoms with E-state index in [2.05, 4.69) is 36.1 Å². The Morgan fingerprint density at radius 2 is 2.06 bits per heavy atom. The van der Waals surface area contributed by atoms with Crippen LogP contribution in [-0.2, 0) is 12.0 Å². The molecule has 3 rings (SSSR count). The van der Waals surface area contributed by atoms with E-state index < -0.39 is 0 Å². The molecule has 0 bridgehead atoms. The molecule has 1 atom stereocenters. The molecule has 2 aliphatic rings. The zero-order chi connectivity index (χ0) is 11.9. The third-order valence-electron chi connectivity index (χ3n) is 4.30. The Kier molecular flexibility index (Phi) is 2.45. The predicted octanol–water partition coefficient (Wildman–Crippen LogP) is 2.76. The summed E-state index contributed by atoms with van der Waals surface area (Å²) in [5.41, 5.74) is 3.60. The summed E-state index contributed by atoms with van der Waals surface area (Å²) in [5.74, 6) is 0. The molecule has 0 radical (unpaired) electrons. The number of rotatable bonds is 1. The maximum absolute atomic E-state index is 9.72. The highest BCUT2D eigenvalue weighted by Gasteiger charge is 2.44. The van der Waals surface area contributed by atoms with Crippen molar-refractivity contribution in [3.8, 4) is 6.07 Å². The van der Waals surface area contributed by atoms with Gasteiger partial charge in [-0.05, 0) is 43.7 Å². The second-order valence-electron chi connectivity index (χ2n) is 5.33. The van der Waals surface area contributed by atoms with Gasteiger partial charge in [0.15, 0.2) is 0 Å². The van der Waals surface area contributed by atoms with Gasteiger partial charge in [-0.3, -0.25) is 4.90 Å². The molecule has 1 heterocycles. The number of hydrogen-bond donors (Lipinski definition) is 0. The number of nitriles is 1. The Labute approximate surface area is 103 Å². The van der Waals surface area contributed by atoms with Crippen molar-refractivity contribution in [1.29, 1.82) is 5.26 Å². The monoisotopic (exact) mass is 226 g/mol. The first-order chi connectivity index (χ1) is 8.26. The molecular formula is C15H18N2. The zero-order valence-electron chi connectivity index (χ0n) is 10.4. The van der Waals surface area contributed by atoms with Crippen LogP contribution in [0.5, 0.6) is 0 Å². The Bertz CT molecular complexity index is 480. The first-order valence-corrected chi connectivity index (χ1v) is 6.52. The van der Waals surface area contributed by atoms with Gasteiger partial charge in [-0.1, -0.05) is 23.8 Å². The van der Waals surface area contributed by atoms with Gasteiger partial charge >= 0.3 is 0 Å². The molecule has 0 amide bonds. The van der Waals surface area contributed by atoms with Crippen molar-refractivity contribution in [3.63, 3.8) is 0 Å². The molecule has 0 saturated carbocycles. The van der Waals surface area contributed by atoms with E-state index >= 15 is 0 Å². The molecule has 0 N–H and O–H groups in total. The summed E-state index contributed by atoms with van der Waals surface area (Å²) < 4.78 is 0. The number of fused-ring (bicyclic) bond motifs is 1. The lowest BCUT2D eigenvalue weighted by Gasteiger charge is -2.33. The smallest absolute Gasteiger partial charge is 0.135 e. The fourth-order valence-electron chi connectivity index (χ4n) is 3.36. The lowest BCUT2D eigenvalue weighted by atomic mass is 9.90. The quantitative estimate of drug-likeness (QED) is 0.736. The molecule has 1 aliphatic carbocycles. The molecule has 0 aromatic heterocycles. The average molecular weight is 226 g/mol. The molecule has 2 heteroatoms. The largest absolute Gasteiger partial charge is 0.282 e. The highest BCUT2D eigenvalue weighted by atomic mass is 15.2. The van der Waals surface area contributed by atoms with Gasteiger partial charge in [0.25, 0.3) is 0 Å². The molecule has 17 heavy (non-hydrogen) atoms. The van der Waals surface area contributed by atoms with E-state index in [1.807, 2.05) is 0 Å².